The van der Waals surface area contributed by atoms with Crippen molar-refractivity contribution in [2.24, 2.45) is 5.41 Å². The summed E-state index contributed by atoms with van der Waals surface area (Å²) in [4.78, 5) is 31.5. The zero-order valence-electron chi connectivity index (χ0n) is 19.5. The first-order valence-electron chi connectivity index (χ1n) is 11.5. The monoisotopic (exact) mass is 493 g/mol. The minimum atomic E-state index is -1.75. The number of amides is 2. The van der Waals surface area contributed by atoms with Crippen LogP contribution in [0.3, 0.4) is 0 Å². The highest BCUT2D eigenvalue weighted by molar-refractivity contribution is 6.00. The lowest BCUT2D eigenvalue weighted by atomic mass is 9.74. The Balaban J connectivity index is 1.31. The number of hydrogen-bond donors (Lipinski definition) is 4. The molecule has 0 aliphatic carbocycles. The fourth-order valence-electron chi connectivity index (χ4n) is 4.73. The van der Waals surface area contributed by atoms with E-state index in [1.54, 1.807) is 35.4 Å². The van der Waals surface area contributed by atoms with Crippen LogP contribution in [0.2, 0.25) is 0 Å². The molecule has 5 N–H and O–H groups in total. The zero-order chi connectivity index (χ0) is 25.6. The number of rotatable bonds is 5. The van der Waals surface area contributed by atoms with Gasteiger partial charge in [-0.2, -0.15) is 0 Å². The molecule has 3 heterocycles. The van der Waals surface area contributed by atoms with Crippen molar-refractivity contribution in [3.63, 3.8) is 0 Å². The highest BCUT2D eigenvalue weighted by Crippen LogP contribution is 2.36. The van der Waals surface area contributed by atoms with Crippen molar-refractivity contribution in [2.75, 3.05) is 37.2 Å². The van der Waals surface area contributed by atoms with Crippen molar-refractivity contribution in [1.29, 1.82) is 0 Å². The Labute approximate surface area is 206 Å². The number of nitrogens with zero attached hydrogens (tertiary/aromatic N) is 2. The lowest BCUT2D eigenvalue weighted by molar-refractivity contribution is -0.124. The molecule has 2 fully saturated rings. The maximum Gasteiger partial charge on any atom is 0.257 e. The molecule has 2 aliphatic heterocycles. The second kappa shape index (κ2) is 8.96. The number of likely N-dealkylation sites (tertiary alicyclic amines) is 1. The summed E-state index contributed by atoms with van der Waals surface area (Å²) in [6.07, 6.45) is -0.163. The van der Waals surface area contributed by atoms with Gasteiger partial charge < -0.3 is 26.4 Å². The second-order valence-electron chi connectivity index (χ2n) is 9.55. The van der Waals surface area contributed by atoms with Crippen molar-refractivity contribution in [1.82, 2.24) is 15.2 Å². The average molecular weight is 494 g/mol. The molecule has 0 unspecified atom stereocenters. The van der Waals surface area contributed by atoms with Gasteiger partial charge in [-0.25, -0.2) is 13.8 Å². The fourth-order valence-corrected chi connectivity index (χ4v) is 4.73. The lowest BCUT2D eigenvalue weighted by Gasteiger charge is -2.56. The number of hydrogen-bond acceptors (Lipinski definition) is 6. The lowest BCUT2D eigenvalue weighted by Crippen LogP contribution is -2.71. The SMILES string of the molecule is Cc1cc(NC(=O)[C@@H](O)c2cc(F)cc(F)c2)ccc1-c1cnc(N)c(C(=O)N2CC3(CNC3)C2)c1. The summed E-state index contributed by atoms with van der Waals surface area (Å²) < 4.78 is 26.9. The third kappa shape index (κ3) is 4.40. The van der Waals surface area contributed by atoms with Gasteiger partial charge in [0.25, 0.3) is 11.8 Å². The number of benzene rings is 2. The van der Waals surface area contributed by atoms with Gasteiger partial charge in [0.1, 0.15) is 17.5 Å². The zero-order valence-corrected chi connectivity index (χ0v) is 19.5. The Morgan fingerprint density at radius 1 is 1.14 bits per heavy atom. The molecule has 2 saturated heterocycles. The molecule has 8 nitrogen and oxygen atoms in total. The number of pyridine rings is 1. The van der Waals surface area contributed by atoms with Gasteiger partial charge in [-0.15, -0.1) is 0 Å². The van der Waals surface area contributed by atoms with Gasteiger partial charge in [0.2, 0.25) is 0 Å². The molecule has 10 heteroatoms. The van der Waals surface area contributed by atoms with Crippen molar-refractivity contribution in [3.05, 3.63) is 77.0 Å². The smallest absolute Gasteiger partial charge is 0.257 e. The molecule has 3 aromatic rings. The largest absolute Gasteiger partial charge is 0.383 e. The standard InChI is InChI=1S/C26H25F2N5O3/c1-14-4-19(32-24(35)22(34)15-5-17(27)8-18(28)6-15)2-3-20(14)16-7-21(23(29)31-9-16)25(36)33-12-26(13-33)10-30-11-26/h2-9,22,30,34H,10-13H2,1H3,(H2,29,31)(H,32,35)/t22-/m0/s1. The molecule has 2 amide bonds. The molecule has 1 atom stereocenters. The van der Waals surface area contributed by atoms with Crippen LogP contribution < -0.4 is 16.4 Å². The summed E-state index contributed by atoms with van der Waals surface area (Å²) in [5, 5.41) is 16.0. The molecule has 36 heavy (non-hydrogen) atoms. The van der Waals surface area contributed by atoms with Crippen molar-refractivity contribution in [2.45, 2.75) is 13.0 Å². The molecule has 2 aromatic carbocycles. The number of nitrogen functional groups attached to an aromatic ring is 1. The quantitative estimate of drug-likeness (QED) is 0.434. The van der Waals surface area contributed by atoms with E-state index >= 15 is 0 Å². The summed E-state index contributed by atoms with van der Waals surface area (Å²) >= 11 is 0. The molecule has 2 aliphatic rings. The van der Waals surface area contributed by atoms with E-state index in [-0.39, 0.29) is 22.7 Å². The van der Waals surface area contributed by atoms with Crippen LogP contribution in [-0.4, -0.2) is 53.0 Å². The van der Waals surface area contributed by atoms with Gasteiger partial charge in [-0.3, -0.25) is 9.59 Å². The third-order valence-corrected chi connectivity index (χ3v) is 6.74. The van der Waals surface area contributed by atoms with Crippen molar-refractivity contribution >= 4 is 23.3 Å². The number of halogens is 2. The Kier molecular flexibility index (Phi) is 5.93. The van der Waals surface area contributed by atoms with Gasteiger partial charge in [0, 0.05) is 55.1 Å². The van der Waals surface area contributed by atoms with Gasteiger partial charge in [-0.1, -0.05) is 6.07 Å². The molecule has 186 valence electrons. The van der Waals surface area contributed by atoms with E-state index in [0.29, 0.717) is 36.0 Å². The van der Waals surface area contributed by atoms with Crippen LogP contribution >= 0.6 is 0 Å². The van der Waals surface area contributed by atoms with E-state index < -0.39 is 23.6 Å². The van der Waals surface area contributed by atoms with Gasteiger partial charge in [0.05, 0.1) is 5.56 Å². The number of carbonyl (C=O) groups excluding carboxylic acids is 2. The van der Waals surface area contributed by atoms with E-state index in [1.807, 2.05) is 6.92 Å². The Morgan fingerprint density at radius 3 is 2.44 bits per heavy atom. The second-order valence-corrected chi connectivity index (χ2v) is 9.55. The number of aliphatic hydroxyl groups is 1. The first-order valence-corrected chi connectivity index (χ1v) is 11.5. The summed E-state index contributed by atoms with van der Waals surface area (Å²) in [6.45, 7) is 5.06. The predicted octanol–water partition coefficient (Wildman–Crippen LogP) is 2.63. The molecular weight excluding hydrogens is 468 g/mol. The molecular formula is C26H25F2N5O3. The minimum Gasteiger partial charge on any atom is -0.383 e. The van der Waals surface area contributed by atoms with E-state index in [2.05, 4.69) is 15.6 Å². The number of nitrogens with one attached hydrogen (secondary N) is 2. The van der Waals surface area contributed by atoms with Gasteiger partial charge >= 0.3 is 0 Å². The number of aromatic nitrogens is 1. The summed E-state index contributed by atoms with van der Waals surface area (Å²) in [5.74, 6) is -2.59. The van der Waals surface area contributed by atoms with Crippen molar-refractivity contribution < 1.29 is 23.5 Å². The first-order chi connectivity index (χ1) is 17.1. The highest BCUT2D eigenvalue weighted by atomic mass is 19.1. The van der Waals surface area contributed by atoms with Crippen LogP contribution in [-0.2, 0) is 4.79 Å². The number of aryl methyl sites for hydroxylation is 1. The highest BCUT2D eigenvalue weighted by Gasteiger charge is 2.49. The third-order valence-electron chi connectivity index (χ3n) is 6.74. The van der Waals surface area contributed by atoms with E-state index in [1.165, 1.54) is 0 Å². The molecule has 5 rings (SSSR count). The minimum absolute atomic E-state index is 0.149. The van der Waals surface area contributed by atoms with Gasteiger partial charge in [0.15, 0.2) is 6.10 Å². The molecule has 1 spiro atoms. The molecule has 0 saturated carbocycles. The summed E-state index contributed by atoms with van der Waals surface area (Å²) in [7, 11) is 0. The Bertz CT molecular complexity index is 1350. The number of nitrogens with two attached hydrogens (primary N) is 1. The van der Waals surface area contributed by atoms with E-state index in [9.17, 15) is 23.5 Å². The van der Waals surface area contributed by atoms with E-state index in [0.717, 1.165) is 36.3 Å². The van der Waals surface area contributed by atoms with Crippen LogP contribution in [0.25, 0.3) is 11.1 Å². The fraction of sp³-hybridized carbons (Fsp3) is 0.269. The Morgan fingerprint density at radius 2 is 1.83 bits per heavy atom. The number of aliphatic hydroxyl groups excluding tert-OH is 1. The molecule has 1 aromatic heterocycles. The summed E-state index contributed by atoms with van der Waals surface area (Å²) in [6, 6.07) is 9.24. The first kappa shape index (κ1) is 23.8. The topological polar surface area (TPSA) is 121 Å². The predicted molar refractivity (Wildman–Crippen MR) is 130 cm³/mol. The average Bonchev–Trinajstić information content (AvgIpc) is 2.76. The molecule has 0 bridgehead atoms. The number of anilines is 2. The van der Waals surface area contributed by atoms with Crippen LogP contribution in [0, 0.1) is 24.0 Å². The van der Waals surface area contributed by atoms with Crippen LogP contribution in [0.15, 0.2) is 48.7 Å². The van der Waals surface area contributed by atoms with Crippen LogP contribution in [0.5, 0.6) is 0 Å². The Hall–Kier alpha value is -3.89. The number of carbonyl (C=O) groups is 2. The molecule has 0 radical (unpaired) electrons. The van der Waals surface area contributed by atoms with Crippen molar-refractivity contribution in [3.8, 4) is 11.1 Å². The van der Waals surface area contributed by atoms with Crippen LogP contribution in [0.1, 0.15) is 27.6 Å². The van der Waals surface area contributed by atoms with E-state index in [4.69, 9.17) is 5.73 Å². The maximum atomic E-state index is 13.4. The normalized spacial score (nSPS) is 16.7. The van der Waals surface area contributed by atoms with Gasteiger partial charge in [-0.05, 0) is 53.9 Å². The maximum absolute atomic E-state index is 13.4. The summed E-state index contributed by atoms with van der Waals surface area (Å²) in [5.41, 5.74) is 9.01. The van der Waals surface area contributed by atoms with Crippen LogP contribution in [0.4, 0.5) is 20.3 Å².